The molecule has 25 heavy (non-hydrogen) atoms. The van der Waals surface area contributed by atoms with Gasteiger partial charge in [0.05, 0.1) is 10.8 Å². The van der Waals surface area contributed by atoms with Crippen LogP contribution < -0.4 is 11.2 Å². The Labute approximate surface area is 157 Å². The number of nitrogens with zero attached hydrogens (tertiary/aromatic N) is 3. The van der Waals surface area contributed by atoms with E-state index in [1.165, 1.54) is 16.4 Å². The average molecular weight is 382 g/mol. The van der Waals surface area contributed by atoms with Crippen molar-refractivity contribution >= 4 is 29.3 Å². The fourth-order valence-corrected chi connectivity index (χ4v) is 3.19. The predicted molar refractivity (Wildman–Crippen MR) is 103 cm³/mol. The van der Waals surface area contributed by atoms with Crippen molar-refractivity contribution in [3.8, 4) is 11.4 Å². The molecule has 0 aliphatic carbocycles. The van der Waals surface area contributed by atoms with E-state index < -0.39 is 0 Å². The fourth-order valence-electron chi connectivity index (χ4n) is 2.30. The van der Waals surface area contributed by atoms with Crippen LogP contribution in [0.5, 0.6) is 0 Å². The van der Waals surface area contributed by atoms with Crippen LogP contribution >= 0.6 is 23.4 Å². The highest BCUT2D eigenvalue weighted by molar-refractivity contribution is 7.99. The summed E-state index contributed by atoms with van der Waals surface area (Å²) in [4.78, 5) is 12.1. The van der Waals surface area contributed by atoms with Crippen LogP contribution in [0.3, 0.4) is 0 Å². The number of benzene rings is 1. The number of nitrogens with one attached hydrogen (secondary N) is 1. The van der Waals surface area contributed by atoms with Crippen molar-refractivity contribution < 1.29 is 4.79 Å². The van der Waals surface area contributed by atoms with Gasteiger partial charge in [-0.05, 0) is 37.8 Å². The molecule has 8 heteroatoms. The van der Waals surface area contributed by atoms with Gasteiger partial charge >= 0.3 is 0 Å². The van der Waals surface area contributed by atoms with Gasteiger partial charge in [-0.2, -0.15) is 0 Å². The summed E-state index contributed by atoms with van der Waals surface area (Å²) in [5, 5.41) is 12.2. The highest BCUT2D eigenvalue weighted by atomic mass is 35.5. The van der Waals surface area contributed by atoms with Crippen LogP contribution in [0.15, 0.2) is 29.4 Å². The highest BCUT2D eigenvalue weighted by Gasteiger charge is 2.16. The van der Waals surface area contributed by atoms with Gasteiger partial charge in [0.15, 0.2) is 5.82 Å². The third kappa shape index (κ3) is 5.64. The van der Waals surface area contributed by atoms with E-state index in [0.717, 1.165) is 12.8 Å². The molecule has 1 aromatic heterocycles. The lowest BCUT2D eigenvalue weighted by Gasteiger charge is -2.14. The van der Waals surface area contributed by atoms with E-state index in [1.807, 2.05) is 25.1 Å². The summed E-state index contributed by atoms with van der Waals surface area (Å²) in [6.45, 7) is 6.37. The fraction of sp³-hybridized carbons (Fsp3) is 0.471. The van der Waals surface area contributed by atoms with Crippen LogP contribution in [0.4, 0.5) is 0 Å². The largest absolute Gasteiger partial charge is 0.353 e. The zero-order valence-corrected chi connectivity index (χ0v) is 16.3. The molecule has 1 heterocycles. The summed E-state index contributed by atoms with van der Waals surface area (Å²) in [6.07, 6.45) is 2.06. The van der Waals surface area contributed by atoms with E-state index in [-0.39, 0.29) is 17.7 Å². The maximum atomic E-state index is 12.1. The van der Waals surface area contributed by atoms with E-state index in [9.17, 15) is 4.79 Å². The summed E-state index contributed by atoms with van der Waals surface area (Å²) >= 11 is 7.42. The molecule has 2 rings (SSSR count). The molecule has 136 valence electrons. The van der Waals surface area contributed by atoms with Crippen LogP contribution in [0, 0.1) is 5.92 Å². The standard InChI is InChI=1S/C17H24ClN5OS/c1-11(2)8-9-12(3)20-15(24)10-25-17-22-21-16(23(17)19)13-6-4-5-7-14(13)18/h4-7,11-12H,8-10,19H2,1-3H3,(H,20,24). The number of aromatic nitrogens is 3. The van der Waals surface area contributed by atoms with Gasteiger partial charge in [0.1, 0.15) is 0 Å². The Hall–Kier alpha value is -1.73. The van der Waals surface area contributed by atoms with Crippen molar-refractivity contribution in [3.63, 3.8) is 0 Å². The number of carbonyl (C=O) groups is 1. The van der Waals surface area contributed by atoms with E-state index in [0.29, 0.717) is 27.5 Å². The topological polar surface area (TPSA) is 85.8 Å². The Kier molecular flexibility index (Phi) is 7.13. The summed E-state index contributed by atoms with van der Waals surface area (Å²) in [6, 6.07) is 7.44. The molecule has 1 unspecified atom stereocenters. The molecule has 1 atom stereocenters. The first-order chi connectivity index (χ1) is 11.9. The van der Waals surface area contributed by atoms with Crippen LogP contribution in [0.2, 0.25) is 5.02 Å². The van der Waals surface area contributed by atoms with E-state index in [2.05, 4.69) is 29.4 Å². The molecule has 0 saturated heterocycles. The molecule has 0 fully saturated rings. The number of nitrogen functional groups attached to an aromatic ring is 1. The summed E-state index contributed by atoms with van der Waals surface area (Å²) in [5.41, 5.74) is 0.706. The number of rotatable bonds is 8. The number of thioether (sulfide) groups is 1. The maximum absolute atomic E-state index is 12.1. The molecule has 0 saturated carbocycles. The van der Waals surface area contributed by atoms with Crippen molar-refractivity contribution in [2.45, 2.75) is 44.8 Å². The number of hydrogen-bond donors (Lipinski definition) is 2. The first kappa shape index (κ1) is 19.6. The molecule has 1 amide bonds. The smallest absolute Gasteiger partial charge is 0.230 e. The molecule has 0 spiro atoms. The van der Waals surface area contributed by atoms with Crippen molar-refractivity contribution in [1.29, 1.82) is 0 Å². The van der Waals surface area contributed by atoms with Crippen LogP contribution in [0.25, 0.3) is 11.4 Å². The molecule has 3 N–H and O–H groups in total. The van der Waals surface area contributed by atoms with Gasteiger partial charge in [-0.1, -0.05) is 49.3 Å². The Morgan fingerprint density at radius 1 is 1.28 bits per heavy atom. The minimum atomic E-state index is -0.0384. The Balaban J connectivity index is 1.92. The van der Waals surface area contributed by atoms with Crippen molar-refractivity contribution in [2.24, 2.45) is 5.92 Å². The van der Waals surface area contributed by atoms with Crippen LogP contribution in [-0.2, 0) is 4.79 Å². The van der Waals surface area contributed by atoms with Crippen molar-refractivity contribution in [1.82, 2.24) is 20.2 Å². The average Bonchev–Trinajstić information content (AvgIpc) is 2.92. The first-order valence-electron chi connectivity index (χ1n) is 8.26. The summed E-state index contributed by atoms with van der Waals surface area (Å²) in [7, 11) is 0. The molecule has 6 nitrogen and oxygen atoms in total. The van der Waals surface area contributed by atoms with Gasteiger partial charge in [-0.15, -0.1) is 10.2 Å². The van der Waals surface area contributed by atoms with Gasteiger partial charge in [-0.3, -0.25) is 4.79 Å². The normalized spacial score (nSPS) is 12.4. The molecule has 0 aliphatic heterocycles. The SMILES string of the molecule is CC(C)CCC(C)NC(=O)CSc1nnc(-c2ccccc2Cl)n1N. The zero-order valence-electron chi connectivity index (χ0n) is 14.7. The van der Waals surface area contributed by atoms with Gasteiger partial charge in [0, 0.05) is 11.6 Å². The summed E-state index contributed by atoms with van der Waals surface area (Å²) < 4.78 is 1.36. The minimum Gasteiger partial charge on any atom is -0.353 e. The molecule has 0 aliphatic rings. The van der Waals surface area contributed by atoms with Gasteiger partial charge in [0.25, 0.3) is 0 Å². The van der Waals surface area contributed by atoms with Gasteiger partial charge in [-0.25, -0.2) is 4.68 Å². The number of amides is 1. The molecule has 1 aromatic carbocycles. The van der Waals surface area contributed by atoms with Gasteiger partial charge in [0.2, 0.25) is 11.1 Å². The lowest BCUT2D eigenvalue weighted by atomic mass is 10.0. The lowest BCUT2D eigenvalue weighted by Crippen LogP contribution is -2.34. The molecule has 0 bridgehead atoms. The number of carbonyl (C=O) groups excluding carboxylic acids is 1. The van der Waals surface area contributed by atoms with Crippen LogP contribution in [-0.4, -0.2) is 32.6 Å². The number of hydrogen-bond acceptors (Lipinski definition) is 5. The predicted octanol–water partition coefficient (Wildman–Crippen LogP) is 3.35. The monoisotopic (exact) mass is 381 g/mol. The van der Waals surface area contributed by atoms with Gasteiger partial charge < -0.3 is 11.2 Å². The maximum Gasteiger partial charge on any atom is 0.230 e. The third-order valence-electron chi connectivity index (χ3n) is 3.70. The Bertz CT molecular complexity index is 719. The molecule has 0 radical (unpaired) electrons. The quantitative estimate of drug-likeness (QED) is 0.541. The number of nitrogens with two attached hydrogens (primary N) is 1. The second-order valence-corrected chi connectivity index (χ2v) is 7.73. The minimum absolute atomic E-state index is 0.0384. The van der Waals surface area contributed by atoms with Crippen molar-refractivity contribution in [2.75, 3.05) is 11.6 Å². The first-order valence-corrected chi connectivity index (χ1v) is 9.62. The Morgan fingerprint density at radius 2 is 2.00 bits per heavy atom. The second-order valence-electron chi connectivity index (χ2n) is 6.38. The van der Waals surface area contributed by atoms with Crippen molar-refractivity contribution in [3.05, 3.63) is 29.3 Å². The van der Waals surface area contributed by atoms with E-state index in [4.69, 9.17) is 17.4 Å². The Morgan fingerprint density at radius 3 is 2.68 bits per heavy atom. The lowest BCUT2D eigenvalue weighted by molar-refractivity contribution is -0.119. The highest BCUT2D eigenvalue weighted by Crippen LogP contribution is 2.27. The molecular weight excluding hydrogens is 358 g/mol. The molecule has 2 aromatic rings. The second kappa shape index (κ2) is 9.10. The van der Waals surface area contributed by atoms with Crippen LogP contribution in [0.1, 0.15) is 33.6 Å². The number of halogens is 1. The third-order valence-corrected chi connectivity index (χ3v) is 4.97. The zero-order chi connectivity index (χ0) is 18.4. The van der Waals surface area contributed by atoms with E-state index >= 15 is 0 Å². The molecular formula is C17H24ClN5OS. The summed E-state index contributed by atoms with van der Waals surface area (Å²) in [5.74, 6) is 7.36. The van der Waals surface area contributed by atoms with E-state index in [1.54, 1.807) is 6.07 Å².